The van der Waals surface area contributed by atoms with Crippen LogP contribution in [0.15, 0.2) is 54.6 Å². The zero-order valence-electron chi connectivity index (χ0n) is 12.7. The smallest absolute Gasteiger partial charge is 0.480 e. The standard InChI is InChI=1S/C18H11NO6/c20-16-9-13-6-5-12(10-1-3-11(4-2-10)18(22)23)7-14(13)8-15(16)17(21)19(24)25/h1-9,20H,(H,22,23). The van der Waals surface area contributed by atoms with Gasteiger partial charge in [0.05, 0.1) is 5.56 Å². The largest absolute Gasteiger partial charge is 0.507 e. The summed E-state index contributed by atoms with van der Waals surface area (Å²) in [6, 6.07) is 14.0. The quantitative estimate of drug-likeness (QED) is 0.559. The minimum atomic E-state index is -1.38. The Hall–Kier alpha value is -3.74. The fourth-order valence-corrected chi connectivity index (χ4v) is 2.54. The van der Waals surface area contributed by atoms with Gasteiger partial charge in [-0.2, -0.15) is 0 Å². The number of nitrogens with zero attached hydrogens (tertiary/aromatic N) is 1. The molecule has 124 valence electrons. The van der Waals surface area contributed by atoms with Gasteiger partial charge in [-0.1, -0.05) is 24.3 Å². The van der Waals surface area contributed by atoms with E-state index in [0.717, 1.165) is 11.1 Å². The third-order valence-electron chi connectivity index (χ3n) is 3.82. The molecule has 3 rings (SSSR count). The van der Waals surface area contributed by atoms with E-state index >= 15 is 0 Å². The second-order valence-electron chi connectivity index (χ2n) is 5.38. The molecule has 0 aliphatic carbocycles. The van der Waals surface area contributed by atoms with Gasteiger partial charge in [-0.3, -0.25) is 10.1 Å². The van der Waals surface area contributed by atoms with Gasteiger partial charge in [-0.05, 0) is 52.2 Å². The van der Waals surface area contributed by atoms with Crippen molar-refractivity contribution >= 4 is 22.6 Å². The van der Waals surface area contributed by atoms with Crippen LogP contribution >= 0.6 is 0 Å². The molecule has 0 unspecified atom stereocenters. The van der Waals surface area contributed by atoms with Gasteiger partial charge in [0.15, 0.2) is 0 Å². The van der Waals surface area contributed by atoms with Crippen molar-refractivity contribution < 1.29 is 24.7 Å². The Bertz CT molecular complexity index is 1020. The van der Waals surface area contributed by atoms with Crippen LogP contribution in [0.3, 0.4) is 0 Å². The predicted octanol–water partition coefficient (Wildman–Crippen LogP) is 3.33. The highest BCUT2D eigenvalue weighted by atomic mass is 16.6. The molecule has 0 radical (unpaired) electrons. The van der Waals surface area contributed by atoms with Crippen molar-refractivity contribution in [2.24, 2.45) is 0 Å². The van der Waals surface area contributed by atoms with Gasteiger partial charge in [0, 0.05) is 0 Å². The predicted molar refractivity (Wildman–Crippen MR) is 89.3 cm³/mol. The molecule has 7 nitrogen and oxygen atoms in total. The summed E-state index contributed by atoms with van der Waals surface area (Å²) in [5.41, 5.74) is 1.28. The molecule has 0 bridgehead atoms. The van der Waals surface area contributed by atoms with E-state index in [0.29, 0.717) is 10.8 Å². The summed E-state index contributed by atoms with van der Waals surface area (Å²) in [6.07, 6.45) is 0. The van der Waals surface area contributed by atoms with Crippen molar-refractivity contribution in [3.63, 3.8) is 0 Å². The van der Waals surface area contributed by atoms with Crippen LogP contribution in [0.25, 0.3) is 21.9 Å². The molecule has 0 spiro atoms. The Morgan fingerprint density at radius 3 is 2.12 bits per heavy atom. The summed E-state index contributed by atoms with van der Waals surface area (Å²) in [5.74, 6) is -2.85. The van der Waals surface area contributed by atoms with E-state index in [1.165, 1.54) is 24.3 Å². The van der Waals surface area contributed by atoms with Crippen LogP contribution in [-0.4, -0.2) is 27.0 Å². The van der Waals surface area contributed by atoms with Crippen molar-refractivity contribution in [2.75, 3.05) is 0 Å². The number of carboxylic acids is 1. The lowest BCUT2D eigenvalue weighted by molar-refractivity contribution is -0.375. The summed E-state index contributed by atoms with van der Waals surface area (Å²) in [6.45, 7) is 0. The second kappa shape index (κ2) is 6.04. The van der Waals surface area contributed by atoms with Crippen molar-refractivity contribution in [2.45, 2.75) is 0 Å². The molecule has 3 aromatic carbocycles. The number of aromatic carboxylic acids is 1. The molecule has 0 aliphatic heterocycles. The third-order valence-corrected chi connectivity index (χ3v) is 3.82. The van der Waals surface area contributed by atoms with Gasteiger partial charge in [-0.15, -0.1) is 0 Å². The highest BCUT2D eigenvalue weighted by Crippen LogP contribution is 2.29. The lowest BCUT2D eigenvalue weighted by Crippen LogP contribution is -2.11. The molecule has 7 heteroatoms. The lowest BCUT2D eigenvalue weighted by atomic mass is 9.98. The van der Waals surface area contributed by atoms with Crippen LogP contribution in [0.1, 0.15) is 20.7 Å². The second-order valence-corrected chi connectivity index (χ2v) is 5.38. The number of hydrogen-bond acceptors (Lipinski definition) is 5. The van der Waals surface area contributed by atoms with Gasteiger partial charge in [0.1, 0.15) is 16.2 Å². The van der Waals surface area contributed by atoms with E-state index in [2.05, 4.69) is 0 Å². The number of carboxylic acid groups (broad SMARTS) is 1. The lowest BCUT2D eigenvalue weighted by Gasteiger charge is -2.07. The van der Waals surface area contributed by atoms with E-state index in [4.69, 9.17) is 5.11 Å². The monoisotopic (exact) mass is 337 g/mol. The van der Waals surface area contributed by atoms with Crippen LogP contribution < -0.4 is 0 Å². The zero-order chi connectivity index (χ0) is 18.1. The first kappa shape index (κ1) is 16.1. The number of aromatic hydroxyl groups is 1. The Morgan fingerprint density at radius 2 is 1.52 bits per heavy atom. The average molecular weight is 337 g/mol. The van der Waals surface area contributed by atoms with E-state index in [-0.39, 0.29) is 11.1 Å². The number of benzene rings is 3. The van der Waals surface area contributed by atoms with Gasteiger partial charge >= 0.3 is 11.9 Å². The molecule has 0 saturated heterocycles. The zero-order valence-corrected chi connectivity index (χ0v) is 12.7. The molecule has 0 aliphatic rings. The molecule has 0 heterocycles. The summed E-state index contributed by atoms with van der Waals surface area (Å²) in [7, 11) is 0. The average Bonchev–Trinajstić information content (AvgIpc) is 2.60. The summed E-state index contributed by atoms with van der Waals surface area (Å²) < 4.78 is 0. The molecule has 1 amide bonds. The van der Waals surface area contributed by atoms with Gasteiger partial charge < -0.3 is 10.2 Å². The summed E-state index contributed by atoms with van der Waals surface area (Å²) >= 11 is 0. The highest BCUT2D eigenvalue weighted by Gasteiger charge is 2.23. The van der Waals surface area contributed by atoms with Gasteiger partial charge in [-0.25, -0.2) is 9.59 Å². The maximum absolute atomic E-state index is 11.6. The Balaban J connectivity index is 2.09. The normalized spacial score (nSPS) is 10.6. The maximum atomic E-state index is 11.6. The fraction of sp³-hybridized carbons (Fsp3) is 0. The first-order valence-electron chi connectivity index (χ1n) is 7.16. The molecule has 3 aromatic rings. The van der Waals surface area contributed by atoms with Gasteiger partial charge in [0.25, 0.3) is 0 Å². The fourth-order valence-electron chi connectivity index (χ4n) is 2.54. The number of carbonyl (C=O) groups excluding carboxylic acids is 1. The van der Waals surface area contributed by atoms with Crippen LogP contribution in [0.2, 0.25) is 0 Å². The number of phenolic OH excluding ortho intramolecular Hbond substituents is 1. The Morgan fingerprint density at radius 1 is 0.880 bits per heavy atom. The Labute approximate surface area is 140 Å². The topological polar surface area (TPSA) is 118 Å². The van der Waals surface area contributed by atoms with Crippen LogP contribution in [0.5, 0.6) is 5.75 Å². The maximum Gasteiger partial charge on any atom is 0.480 e. The molecule has 2 N–H and O–H groups in total. The van der Waals surface area contributed by atoms with Gasteiger partial charge in [0.2, 0.25) is 0 Å². The SMILES string of the molecule is O=C(O)c1ccc(-c2ccc3cc(O)c(C(=O)[N+](=O)[O-])cc3c2)cc1. The molecular formula is C18H11NO6. The van der Waals surface area contributed by atoms with Crippen LogP contribution in [0, 0.1) is 10.1 Å². The first-order valence-corrected chi connectivity index (χ1v) is 7.16. The number of nitro groups is 1. The number of fused-ring (bicyclic) bond motifs is 1. The molecule has 0 aromatic heterocycles. The number of amides is 1. The molecule has 0 fully saturated rings. The van der Waals surface area contributed by atoms with Crippen molar-refractivity contribution in [1.82, 2.24) is 0 Å². The van der Waals surface area contributed by atoms with Crippen LogP contribution in [-0.2, 0) is 0 Å². The third kappa shape index (κ3) is 3.02. The highest BCUT2D eigenvalue weighted by molar-refractivity contribution is 5.98. The molecule has 0 atom stereocenters. The van der Waals surface area contributed by atoms with E-state index in [1.807, 2.05) is 0 Å². The van der Waals surface area contributed by atoms with Crippen molar-refractivity contribution in [1.29, 1.82) is 0 Å². The minimum absolute atomic E-state index is 0.160. The van der Waals surface area contributed by atoms with E-state index in [9.17, 15) is 24.8 Å². The van der Waals surface area contributed by atoms with E-state index in [1.54, 1.807) is 30.3 Å². The molecule has 25 heavy (non-hydrogen) atoms. The molecule has 0 saturated carbocycles. The summed E-state index contributed by atoms with van der Waals surface area (Å²) in [5, 5.41) is 30.6. The van der Waals surface area contributed by atoms with E-state index < -0.39 is 22.5 Å². The Kier molecular flexibility index (Phi) is 3.90. The minimum Gasteiger partial charge on any atom is -0.507 e. The van der Waals surface area contributed by atoms with Crippen molar-refractivity contribution in [3.8, 4) is 16.9 Å². The number of hydrogen-bond donors (Lipinski definition) is 2. The number of rotatable bonds is 3. The van der Waals surface area contributed by atoms with Crippen LogP contribution in [0.4, 0.5) is 0 Å². The number of carbonyl (C=O) groups is 2. The summed E-state index contributed by atoms with van der Waals surface area (Å²) in [4.78, 5) is 32.0. The van der Waals surface area contributed by atoms with Crippen molar-refractivity contribution in [3.05, 3.63) is 75.8 Å². The number of phenols is 1. The first-order chi connectivity index (χ1) is 11.9. The molecular weight excluding hydrogens is 326 g/mol.